The van der Waals surface area contributed by atoms with Gasteiger partial charge in [0.25, 0.3) is 0 Å². The Morgan fingerprint density at radius 1 is 0.842 bits per heavy atom. The van der Waals surface area contributed by atoms with Crippen LogP contribution in [0.2, 0.25) is 0 Å². The average molecular weight is 566 g/mol. The van der Waals surface area contributed by atoms with E-state index in [1.54, 1.807) is 20.8 Å². The highest BCUT2D eigenvalue weighted by Gasteiger charge is 2.25. The molecule has 1 amide bonds. The van der Waals surface area contributed by atoms with Crippen molar-refractivity contribution in [2.24, 2.45) is 0 Å². The lowest BCUT2D eigenvalue weighted by Gasteiger charge is -2.20. The van der Waals surface area contributed by atoms with Gasteiger partial charge < -0.3 is 28.9 Å². The number of alkyl carbamates (subject to hydrolysis) is 1. The van der Waals surface area contributed by atoms with Crippen molar-refractivity contribution < 1.29 is 37.8 Å². The van der Waals surface area contributed by atoms with Crippen LogP contribution in [0.1, 0.15) is 124 Å². The number of amides is 1. The van der Waals surface area contributed by atoms with Gasteiger partial charge in [0, 0.05) is 20.1 Å². The standard InChI is InChI=1S/C28H56NO8P/c1-6-7-8-9-10-11-12-13-14-15-16-17-18-20-26(31)35-23-25(30)24-36-38(33,34-5)22-19-21-29-27(32)37-28(2,3)4/h25,30H,6-24H2,1-5H3,(H,29,32)/t25-,38?/m1/s1. The summed E-state index contributed by atoms with van der Waals surface area (Å²) in [5.74, 6) is -0.352. The summed E-state index contributed by atoms with van der Waals surface area (Å²) in [6.45, 7) is 7.28. The molecule has 0 aliphatic rings. The van der Waals surface area contributed by atoms with Gasteiger partial charge in [0.2, 0.25) is 0 Å². The first kappa shape index (κ1) is 36.8. The molecule has 0 aromatic rings. The van der Waals surface area contributed by atoms with Gasteiger partial charge in [0.05, 0.1) is 12.8 Å². The van der Waals surface area contributed by atoms with Crippen LogP contribution in [0, 0.1) is 0 Å². The predicted octanol–water partition coefficient (Wildman–Crippen LogP) is 7.14. The number of rotatable bonds is 24. The van der Waals surface area contributed by atoms with Gasteiger partial charge in [-0.3, -0.25) is 9.36 Å². The second-order valence-electron chi connectivity index (χ2n) is 10.9. The number of hydrogen-bond acceptors (Lipinski definition) is 8. The van der Waals surface area contributed by atoms with Gasteiger partial charge in [-0.15, -0.1) is 0 Å². The third-order valence-corrected chi connectivity index (χ3v) is 7.90. The topological polar surface area (TPSA) is 120 Å². The first-order chi connectivity index (χ1) is 18.0. The minimum absolute atomic E-state index is 0.0604. The summed E-state index contributed by atoms with van der Waals surface area (Å²) in [5, 5.41) is 12.6. The fourth-order valence-corrected chi connectivity index (χ4v) is 5.14. The summed E-state index contributed by atoms with van der Waals surface area (Å²) in [5.41, 5.74) is -0.596. The number of aliphatic hydroxyl groups excluding tert-OH is 1. The largest absolute Gasteiger partial charge is 0.463 e. The zero-order chi connectivity index (χ0) is 28.7. The number of aliphatic hydroxyl groups is 1. The zero-order valence-corrected chi connectivity index (χ0v) is 25.7. The molecule has 2 atom stereocenters. The lowest BCUT2D eigenvalue weighted by molar-refractivity contribution is -0.147. The van der Waals surface area contributed by atoms with E-state index in [1.165, 1.54) is 71.3 Å². The van der Waals surface area contributed by atoms with Crippen LogP contribution in [0.25, 0.3) is 0 Å². The minimum Gasteiger partial charge on any atom is -0.463 e. The number of ether oxygens (including phenoxy) is 2. The molecule has 0 spiro atoms. The molecule has 0 aromatic heterocycles. The van der Waals surface area contributed by atoms with Gasteiger partial charge in [0.1, 0.15) is 18.3 Å². The Labute approximate surface area is 231 Å². The Morgan fingerprint density at radius 2 is 1.37 bits per heavy atom. The van der Waals surface area contributed by atoms with Gasteiger partial charge in [-0.25, -0.2) is 4.79 Å². The quantitative estimate of drug-likeness (QED) is 0.0719. The molecule has 0 heterocycles. The summed E-state index contributed by atoms with van der Waals surface area (Å²) in [7, 11) is -2.17. The Bertz CT molecular complexity index is 653. The number of carbonyl (C=O) groups is 2. The van der Waals surface area contributed by atoms with Gasteiger partial charge in [-0.1, -0.05) is 84.0 Å². The SMILES string of the molecule is CCCCCCCCCCCCCCCC(=O)OC[C@@H](O)COP(=O)(CCCNC(=O)OC(C)(C)C)OC. The second kappa shape index (κ2) is 22.6. The summed E-state index contributed by atoms with van der Waals surface area (Å²) >= 11 is 0. The molecule has 0 saturated heterocycles. The van der Waals surface area contributed by atoms with Gasteiger partial charge >= 0.3 is 19.7 Å². The third kappa shape index (κ3) is 23.9. The Morgan fingerprint density at radius 3 is 1.87 bits per heavy atom. The van der Waals surface area contributed by atoms with E-state index < -0.39 is 25.4 Å². The molecule has 9 nitrogen and oxygen atoms in total. The van der Waals surface area contributed by atoms with E-state index in [9.17, 15) is 19.3 Å². The summed E-state index contributed by atoms with van der Waals surface area (Å²) in [6.07, 6.45) is 15.2. The predicted molar refractivity (Wildman–Crippen MR) is 152 cm³/mol. The van der Waals surface area contributed by atoms with Gasteiger partial charge in [0.15, 0.2) is 0 Å². The molecule has 0 bridgehead atoms. The van der Waals surface area contributed by atoms with Crippen molar-refractivity contribution in [3.05, 3.63) is 0 Å². The smallest absolute Gasteiger partial charge is 0.407 e. The normalized spacial score (nSPS) is 14.1. The fourth-order valence-electron chi connectivity index (χ4n) is 3.78. The van der Waals surface area contributed by atoms with Crippen LogP contribution in [0.15, 0.2) is 0 Å². The van der Waals surface area contributed by atoms with E-state index in [4.69, 9.17) is 18.5 Å². The highest BCUT2D eigenvalue weighted by atomic mass is 31.2. The van der Waals surface area contributed by atoms with Crippen LogP contribution >= 0.6 is 7.60 Å². The van der Waals surface area contributed by atoms with Crippen LogP contribution in [-0.2, 0) is 27.9 Å². The van der Waals surface area contributed by atoms with Crippen LogP contribution in [-0.4, -0.2) is 61.9 Å². The zero-order valence-electron chi connectivity index (χ0n) is 24.8. The molecule has 0 aliphatic heterocycles. The molecule has 0 rings (SSSR count). The molecule has 38 heavy (non-hydrogen) atoms. The minimum atomic E-state index is -3.44. The van der Waals surface area contributed by atoms with Gasteiger partial charge in [-0.05, 0) is 33.6 Å². The van der Waals surface area contributed by atoms with Crippen molar-refractivity contribution in [1.29, 1.82) is 0 Å². The van der Waals surface area contributed by atoms with E-state index in [-0.39, 0.29) is 31.9 Å². The number of esters is 1. The van der Waals surface area contributed by atoms with Gasteiger partial charge in [-0.2, -0.15) is 0 Å². The second-order valence-corrected chi connectivity index (χ2v) is 13.2. The molecule has 0 fully saturated rings. The Balaban J connectivity index is 3.78. The average Bonchev–Trinajstić information content (AvgIpc) is 2.86. The highest BCUT2D eigenvalue weighted by Crippen LogP contribution is 2.47. The van der Waals surface area contributed by atoms with Crippen LogP contribution in [0.4, 0.5) is 4.79 Å². The van der Waals surface area contributed by atoms with Crippen molar-refractivity contribution in [1.82, 2.24) is 5.32 Å². The first-order valence-electron chi connectivity index (χ1n) is 14.6. The fraction of sp³-hybridized carbons (Fsp3) is 0.929. The van der Waals surface area contributed by atoms with Crippen molar-refractivity contribution in [3.8, 4) is 0 Å². The maximum Gasteiger partial charge on any atom is 0.407 e. The highest BCUT2D eigenvalue weighted by molar-refractivity contribution is 7.53. The van der Waals surface area contributed by atoms with E-state index in [0.717, 1.165) is 19.3 Å². The molecule has 0 aromatic carbocycles. The molecule has 1 unspecified atom stereocenters. The summed E-state index contributed by atoms with van der Waals surface area (Å²) < 4.78 is 33.2. The maximum absolute atomic E-state index is 12.6. The molecule has 0 aliphatic carbocycles. The molecular formula is C28H56NO8P. The van der Waals surface area contributed by atoms with Crippen LogP contribution in [0.3, 0.4) is 0 Å². The molecule has 226 valence electrons. The van der Waals surface area contributed by atoms with Crippen molar-refractivity contribution in [2.75, 3.05) is 33.0 Å². The third-order valence-electron chi connectivity index (χ3n) is 5.94. The number of carbonyl (C=O) groups excluding carboxylic acids is 2. The van der Waals surface area contributed by atoms with E-state index in [2.05, 4.69) is 12.2 Å². The maximum atomic E-state index is 12.6. The van der Waals surface area contributed by atoms with Crippen LogP contribution in [0.5, 0.6) is 0 Å². The first-order valence-corrected chi connectivity index (χ1v) is 16.3. The van der Waals surface area contributed by atoms with Crippen molar-refractivity contribution in [2.45, 2.75) is 136 Å². The van der Waals surface area contributed by atoms with E-state index >= 15 is 0 Å². The van der Waals surface area contributed by atoms with Crippen molar-refractivity contribution in [3.63, 3.8) is 0 Å². The number of hydrogen-bond donors (Lipinski definition) is 2. The molecule has 0 saturated carbocycles. The molecule has 10 heteroatoms. The lowest BCUT2D eigenvalue weighted by Crippen LogP contribution is -2.33. The molecule has 2 N–H and O–H groups in total. The molecular weight excluding hydrogens is 509 g/mol. The van der Waals surface area contributed by atoms with E-state index in [1.807, 2.05) is 0 Å². The van der Waals surface area contributed by atoms with Crippen LogP contribution < -0.4 is 5.32 Å². The monoisotopic (exact) mass is 565 g/mol. The lowest BCUT2D eigenvalue weighted by atomic mass is 10.0. The Kier molecular flexibility index (Phi) is 22.0. The Hall–Kier alpha value is -1.15. The summed E-state index contributed by atoms with van der Waals surface area (Å²) in [4.78, 5) is 23.6. The number of unbranched alkanes of at least 4 members (excludes halogenated alkanes) is 12. The van der Waals surface area contributed by atoms with Crippen molar-refractivity contribution >= 4 is 19.7 Å². The number of nitrogens with one attached hydrogen (secondary N) is 1. The van der Waals surface area contributed by atoms with E-state index in [0.29, 0.717) is 12.8 Å². The molecule has 0 radical (unpaired) electrons. The summed E-state index contributed by atoms with van der Waals surface area (Å²) in [6, 6.07) is 0.